The van der Waals surface area contributed by atoms with Gasteiger partial charge in [0.1, 0.15) is 0 Å². The molecule has 0 fully saturated rings. The average Bonchev–Trinajstić information content (AvgIpc) is 2.74. The molecule has 0 radical (unpaired) electrons. The molecule has 0 bridgehead atoms. The number of sulfonamides is 1. The van der Waals surface area contributed by atoms with Crippen molar-refractivity contribution < 1.29 is 8.42 Å². The van der Waals surface area contributed by atoms with E-state index in [9.17, 15) is 8.42 Å². The largest absolute Gasteiger partial charge is 0.316 e. The Bertz CT molecular complexity index is 773. The second-order valence-corrected chi connectivity index (χ2v) is 7.41. The molecule has 0 atom stereocenters. The van der Waals surface area contributed by atoms with Gasteiger partial charge in [0, 0.05) is 10.7 Å². The molecule has 0 amide bonds. The molecule has 116 valence electrons. The Hall–Kier alpha value is -1.56. The SMILES string of the molecule is O=S(=O)(Nc1ccc(Cl)cc1)c1ccc2c(c1)CCNCC2. The van der Waals surface area contributed by atoms with Crippen LogP contribution in [0.5, 0.6) is 0 Å². The van der Waals surface area contributed by atoms with E-state index in [2.05, 4.69) is 10.0 Å². The van der Waals surface area contributed by atoms with Crippen LogP contribution in [0.1, 0.15) is 11.1 Å². The highest BCUT2D eigenvalue weighted by Gasteiger charge is 2.17. The summed E-state index contributed by atoms with van der Waals surface area (Å²) in [5, 5.41) is 3.89. The standard InChI is InChI=1S/C16H17ClN2O2S/c17-14-2-4-15(5-3-14)19-22(20,21)16-6-1-12-7-9-18-10-8-13(12)11-16/h1-6,11,18-19H,7-10H2. The number of hydrogen-bond donors (Lipinski definition) is 2. The fraction of sp³-hybridized carbons (Fsp3) is 0.250. The zero-order chi connectivity index (χ0) is 15.6. The third-order valence-corrected chi connectivity index (χ3v) is 5.36. The number of nitrogens with one attached hydrogen (secondary N) is 2. The smallest absolute Gasteiger partial charge is 0.261 e. The van der Waals surface area contributed by atoms with Crippen molar-refractivity contribution in [1.29, 1.82) is 0 Å². The van der Waals surface area contributed by atoms with Gasteiger partial charge in [0.2, 0.25) is 0 Å². The molecule has 0 aromatic heterocycles. The summed E-state index contributed by atoms with van der Waals surface area (Å²) in [5.74, 6) is 0. The fourth-order valence-electron chi connectivity index (χ4n) is 2.55. The first kappa shape index (κ1) is 15.3. The predicted octanol–water partition coefficient (Wildman–Crippen LogP) is 2.83. The minimum atomic E-state index is -3.59. The molecule has 2 aromatic rings. The van der Waals surface area contributed by atoms with Crippen molar-refractivity contribution in [3.05, 3.63) is 58.6 Å². The highest BCUT2D eigenvalue weighted by atomic mass is 35.5. The quantitative estimate of drug-likeness (QED) is 0.906. The van der Waals surface area contributed by atoms with Crippen LogP contribution in [0.3, 0.4) is 0 Å². The van der Waals surface area contributed by atoms with Gasteiger partial charge in [0.15, 0.2) is 0 Å². The van der Waals surface area contributed by atoms with Crippen LogP contribution in [0.25, 0.3) is 0 Å². The summed E-state index contributed by atoms with van der Waals surface area (Å²) in [7, 11) is -3.59. The molecule has 1 heterocycles. The topological polar surface area (TPSA) is 58.2 Å². The molecule has 0 saturated carbocycles. The zero-order valence-corrected chi connectivity index (χ0v) is 13.5. The summed E-state index contributed by atoms with van der Waals surface area (Å²) in [6.07, 6.45) is 1.78. The third kappa shape index (κ3) is 3.43. The van der Waals surface area contributed by atoms with Crippen molar-refractivity contribution >= 4 is 27.3 Å². The number of rotatable bonds is 3. The van der Waals surface area contributed by atoms with Gasteiger partial charge in [-0.15, -0.1) is 0 Å². The Morgan fingerprint density at radius 3 is 2.36 bits per heavy atom. The first-order chi connectivity index (χ1) is 10.5. The molecule has 0 aliphatic carbocycles. The normalized spacial score (nSPS) is 15.0. The maximum absolute atomic E-state index is 12.5. The van der Waals surface area contributed by atoms with Crippen molar-refractivity contribution in [1.82, 2.24) is 5.32 Å². The molecule has 2 N–H and O–H groups in total. The maximum Gasteiger partial charge on any atom is 0.261 e. The van der Waals surface area contributed by atoms with Gasteiger partial charge >= 0.3 is 0 Å². The highest BCUT2D eigenvalue weighted by molar-refractivity contribution is 7.92. The van der Waals surface area contributed by atoms with Crippen molar-refractivity contribution in [2.24, 2.45) is 0 Å². The molecular formula is C16H17ClN2O2S. The summed E-state index contributed by atoms with van der Waals surface area (Å²) in [4.78, 5) is 0.295. The van der Waals surface area contributed by atoms with Gasteiger partial charge in [-0.2, -0.15) is 0 Å². The molecule has 1 aliphatic heterocycles. The molecule has 4 nitrogen and oxygen atoms in total. The van der Waals surface area contributed by atoms with Gasteiger partial charge in [0.25, 0.3) is 10.0 Å². The van der Waals surface area contributed by atoms with E-state index in [1.807, 2.05) is 6.07 Å². The maximum atomic E-state index is 12.5. The molecule has 6 heteroatoms. The van der Waals surface area contributed by atoms with Gasteiger partial charge in [-0.05, 0) is 73.5 Å². The van der Waals surface area contributed by atoms with Crippen LogP contribution in [0.4, 0.5) is 5.69 Å². The van der Waals surface area contributed by atoms with E-state index in [1.165, 1.54) is 5.56 Å². The van der Waals surface area contributed by atoms with Gasteiger partial charge in [0.05, 0.1) is 4.90 Å². The lowest BCUT2D eigenvalue weighted by Crippen LogP contribution is -2.16. The van der Waals surface area contributed by atoms with E-state index in [0.717, 1.165) is 31.5 Å². The van der Waals surface area contributed by atoms with Gasteiger partial charge < -0.3 is 5.32 Å². The summed E-state index contributed by atoms with van der Waals surface area (Å²) >= 11 is 5.81. The molecule has 22 heavy (non-hydrogen) atoms. The lowest BCUT2D eigenvalue weighted by molar-refractivity contribution is 0.601. The van der Waals surface area contributed by atoms with E-state index in [4.69, 9.17) is 11.6 Å². The van der Waals surface area contributed by atoms with Crippen LogP contribution in [-0.2, 0) is 22.9 Å². The summed E-state index contributed by atoms with van der Waals surface area (Å²) in [5.41, 5.74) is 2.82. The van der Waals surface area contributed by atoms with Crippen molar-refractivity contribution in [3.63, 3.8) is 0 Å². The monoisotopic (exact) mass is 336 g/mol. The first-order valence-corrected chi connectivity index (χ1v) is 9.02. The van der Waals surface area contributed by atoms with Gasteiger partial charge in [-0.1, -0.05) is 17.7 Å². The van der Waals surface area contributed by atoms with E-state index < -0.39 is 10.0 Å². The second kappa shape index (κ2) is 6.28. The van der Waals surface area contributed by atoms with Crippen molar-refractivity contribution in [2.45, 2.75) is 17.7 Å². The van der Waals surface area contributed by atoms with Gasteiger partial charge in [-0.3, -0.25) is 4.72 Å². The predicted molar refractivity (Wildman–Crippen MR) is 89.0 cm³/mol. The molecule has 0 saturated heterocycles. The average molecular weight is 337 g/mol. The van der Waals surface area contributed by atoms with Crippen LogP contribution in [-0.4, -0.2) is 21.5 Å². The lowest BCUT2D eigenvalue weighted by atomic mass is 10.0. The van der Waals surface area contributed by atoms with E-state index >= 15 is 0 Å². The third-order valence-electron chi connectivity index (χ3n) is 3.73. The molecule has 0 unspecified atom stereocenters. The first-order valence-electron chi connectivity index (χ1n) is 7.15. The number of fused-ring (bicyclic) bond motifs is 1. The zero-order valence-electron chi connectivity index (χ0n) is 12.0. The van der Waals surface area contributed by atoms with E-state index in [0.29, 0.717) is 15.6 Å². The minimum Gasteiger partial charge on any atom is -0.316 e. The summed E-state index contributed by atoms with van der Waals surface area (Å²) in [6, 6.07) is 12.0. The highest BCUT2D eigenvalue weighted by Crippen LogP contribution is 2.22. The van der Waals surface area contributed by atoms with Crippen LogP contribution in [0.15, 0.2) is 47.4 Å². The fourth-order valence-corrected chi connectivity index (χ4v) is 3.78. The van der Waals surface area contributed by atoms with Crippen LogP contribution in [0.2, 0.25) is 5.02 Å². The van der Waals surface area contributed by atoms with Crippen LogP contribution < -0.4 is 10.0 Å². The van der Waals surface area contributed by atoms with Crippen molar-refractivity contribution in [3.8, 4) is 0 Å². The lowest BCUT2D eigenvalue weighted by Gasteiger charge is -2.11. The van der Waals surface area contributed by atoms with Crippen LogP contribution in [0, 0.1) is 0 Å². The molecule has 0 spiro atoms. The number of anilines is 1. The summed E-state index contributed by atoms with van der Waals surface area (Å²) < 4.78 is 27.6. The Balaban J connectivity index is 1.88. The van der Waals surface area contributed by atoms with E-state index in [1.54, 1.807) is 36.4 Å². The Morgan fingerprint density at radius 2 is 1.64 bits per heavy atom. The Morgan fingerprint density at radius 1 is 0.955 bits per heavy atom. The Kier molecular flexibility index (Phi) is 4.38. The minimum absolute atomic E-state index is 0.295. The number of hydrogen-bond acceptors (Lipinski definition) is 3. The summed E-state index contributed by atoms with van der Waals surface area (Å²) in [6.45, 7) is 1.81. The second-order valence-electron chi connectivity index (χ2n) is 5.29. The Labute approximate surface area is 135 Å². The molecular weight excluding hydrogens is 320 g/mol. The molecule has 3 rings (SSSR count). The molecule has 1 aliphatic rings. The number of benzene rings is 2. The molecule has 2 aromatic carbocycles. The van der Waals surface area contributed by atoms with Crippen molar-refractivity contribution in [2.75, 3.05) is 17.8 Å². The van der Waals surface area contributed by atoms with E-state index in [-0.39, 0.29) is 0 Å². The van der Waals surface area contributed by atoms with Gasteiger partial charge in [-0.25, -0.2) is 8.42 Å². The van der Waals surface area contributed by atoms with Crippen LogP contribution >= 0.6 is 11.6 Å². The number of halogens is 1.